The maximum absolute atomic E-state index is 12.3. The van der Waals surface area contributed by atoms with Gasteiger partial charge in [0.25, 0.3) is 0 Å². The number of carbonyl (C=O) groups excluding carboxylic acids is 1. The maximum atomic E-state index is 12.3. The molecular weight excluding hydrogens is 135 g/mol. The number of hydrogen-bond acceptors (Lipinski definition) is 2. The van der Waals surface area contributed by atoms with E-state index in [9.17, 15) is 9.18 Å². The van der Waals surface area contributed by atoms with Gasteiger partial charge >= 0.3 is 5.97 Å². The van der Waals surface area contributed by atoms with Gasteiger partial charge < -0.3 is 4.74 Å². The summed E-state index contributed by atoms with van der Waals surface area (Å²) in [6.07, 6.45) is 2.14. The molecule has 0 aromatic heterocycles. The highest BCUT2D eigenvalue weighted by atomic mass is 19.1. The largest absolute Gasteiger partial charge is 0.461 e. The smallest absolute Gasteiger partial charge is 0.367 e. The van der Waals surface area contributed by atoms with Gasteiger partial charge in [0.15, 0.2) is 0 Å². The fraction of sp³-hybridized carbons (Fsp3) is 0.286. The summed E-state index contributed by atoms with van der Waals surface area (Å²) in [5.74, 6) is -1.86. The SMILES string of the molecule is C=CC=C(F)C(=O)OCC. The molecule has 0 aliphatic carbocycles. The molecule has 0 aliphatic rings. The minimum atomic E-state index is -0.942. The van der Waals surface area contributed by atoms with Crippen LogP contribution in [0.4, 0.5) is 4.39 Å². The van der Waals surface area contributed by atoms with Crippen LogP contribution in [0.5, 0.6) is 0 Å². The van der Waals surface area contributed by atoms with Crippen molar-refractivity contribution < 1.29 is 13.9 Å². The molecule has 10 heavy (non-hydrogen) atoms. The Morgan fingerprint density at radius 3 is 2.80 bits per heavy atom. The van der Waals surface area contributed by atoms with Gasteiger partial charge in [0.05, 0.1) is 6.61 Å². The van der Waals surface area contributed by atoms with Crippen LogP contribution >= 0.6 is 0 Å². The van der Waals surface area contributed by atoms with Gasteiger partial charge in [-0.15, -0.1) is 0 Å². The second-order valence-corrected chi connectivity index (χ2v) is 1.47. The molecule has 0 aromatic carbocycles. The Kier molecular flexibility index (Phi) is 4.20. The van der Waals surface area contributed by atoms with Crippen molar-refractivity contribution in [3.05, 3.63) is 24.6 Å². The lowest BCUT2D eigenvalue weighted by Crippen LogP contribution is -2.03. The Morgan fingerprint density at radius 2 is 2.40 bits per heavy atom. The second kappa shape index (κ2) is 4.73. The summed E-state index contributed by atoms with van der Waals surface area (Å²) < 4.78 is 16.6. The van der Waals surface area contributed by atoms with Gasteiger partial charge in [0, 0.05) is 0 Å². The number of esters is 1. The molecule has 0 aromatic rings. The summed E-state index contributed by atoms with van der Waals surface area (Å²) in [5.41, 5.74) is 0. The zero-order chi connectivity index (χ0) is 7.98. The monoisotopic (exact) mass is 144 g/mol. The third-order valence-corrected chi connectivity index (χ3v) is 0.735. The van der Waals surface area contributed by atoms with Gasteiger partial charge in [0.1, 0.15) is 0 Å². The summed E-state index contributed by atoms with van der Waals surface area (Å²) in [6, 6.07) is 0. The van der Waals surface area contributed by atoms with Crippen molar-refractivity contribution in [3.63, 3.8) is 0 Å². The molecule has 3 heteroatoms. The fourth-order valence-corrected chi connectivity index (χ4v) is 0.372. The van der Waals surface area contributed by atoms with Gasteiger partial charge in [-0.3, -0.25) is 0 Å². The number of hydrogen-bond donors (Lipinski definition) is 0. The molecule has 0 saturated carbocycles. The molecule has 0 amide bonds. The van der Waals surface area contributed by atoms with Crippen molar-refractivity contribution in [3.8, 4) is 0 Å². The van der Waals surface area contributed by atoms with Crippen molar-refractivity contribution in [2.75, 3.05) is 6.61 Å². The quantitative estimate of drug-likeness (QED) is 0.341. The summed E-state index contributed by atoms with van der Waals surface area (Å²) in [7, 11) is 0. The van der Waals surface area contributed by atoms with Gasteiger partial charge in [-0.05, 0) is 13.0 Å². The zero-order valence-corrected chi connectivity index (χ0v) is 5.76. The summed E-state index contributed by atoms with van der Waals surface area (Å²) >= 11 is 0. The first-order valence-electron chi connectivity index (χ1n) is 2.87. The van der Waals surface area contributed by atoms with Crippen LogP contribution in [0.3, 0.4) is 0 Å². The van der Waals surface area contributed by atoms with E-state index in [0.29, 0.717) is 0 Å². The van der Waals surface area contributed by atoms with E-state index in [1.54, 1.807) is 6.92 Å². The van der Waals surface area contributed by atoms with Crippen LogP contribution in [-0.4, -0.2) is 12.6 Å². The summed E-state index contributed by atoms with van der Waals surface area (Å²) in [6.45, 7) is 5.01. The number of carbonyl (C=O) groups is 1. The predicted molar refractivity (Wildman–Crippen MR) is 36.0 cm³/mol. The molecule has 0 N–H and O–H groups in total. The first kappa shape index (κ1) is 8.88. The van der Waals surface area contributed by atoms with E-state index in [1.807, 2.05) is 0 Å². The third kappa shape index (κ3) is 3.02. The molecule has 0 radical (unpaired) electrons. The number of rotatable bonds is 3. The predicted octanol–water partition coefficient (Wildman–Crippen LogP) is 1.59. The Bertz CT molecular complexity index is 161. The average molecular weight is 144 g/mol. The van der Waals surface area contributed by atoms with Gasteiger partial charge in [-0.25, -0.2) is 4.79 Å². The van der Waals surface area contributed by atoms with Crippen molar-refractivity contribution in [1.82, 2.24) is 0 Å². The van der Waals surface area contributed by atoms with Crippen LogP contribution < -0.4 is 0 Å². The highest BCUT2D eigenvalue weighted by molar-refractivity contribution is 5.86. The van der Waals surface area contributed by atoms with Gasteiger partial charge in [0.2, 0.25) is 5.83 Å². The Hall–Kier alpha value is -1.12. The van der Waals surface area contributed by atoms with E-state index in [-0.39, 0.29) is 6.61 Å². The molecule has 0 aliphatic heterocycles. The zero-order valence-electron chi connectivity index (χ0n) is 5.76. The van der Waals surface area contributed by atoms with Gasteiger partial charge in [-0.1, -0.05) is 12.7 Å². The standard InChI is InChI=1S/C7H9FO2/c1-3-5-6(8)7(9)10-4-2/h3,5H,1,4H2,2H3. The van der Waals surface area contributed by atoms with Crippen LogP contribution in [0, 0.1) is 0 Å². The molecule has 56 valence electrons. The van der Waals surface area contributed by atoms with Crippen molar-refractivity contribution >= 4 is 5.97 Å². The molecule has 0 fully saturated rings. The van der Waals surface area contributed by atoms with Crippen LogP contribution in [0.15, 0.2) is 24.6 Å². The summed E-state index contributed by atoms with van der Waals surface area (Å²) in [5, 5.41) is 0. The Balaban J connectivity index is 3.93. The Labute approximate surface area is 59.0 Å². The van der Waals surface area contributed by atoms with Crippen LogP contribution in [-0.2, 0) is 9.53 Å². The maximum Gasteiger partial charge on any atom is 0.367 e. The average Bonchev–Trinajstić information content (AvgIpc) is 1.89. The number of allylic oxidation sites excluding steroid dienone is 2. The second-order valence-electron chi connectivity index (χ2n) is 1.47. The highest BCUT2D eigenvalue weighted by Gasteiger charge is 2.06. The van der Waals surface area contributed by atoms with Gasteiger partial charge in [-0.2, -0.15) is 4.39 Å². The normalized spacial score (nSPS) is 10.8. The number of ether oxygens (including phenoxy) is 1. The molecule has 0 bridgehead atoms. The van der Waals surface area contributed by atoms with Crippen LogP contribution in [0.1, 0.15) is 6.92 Å². The molecule has 0 saturated heterocycles. The minimum Gasteiger partial charge on any atom is -0.461 e. The van der Waals surface area contributed by atoms with E-state index in [2.05, 4.69) is 11.3 Å². The van der Waals surface area contributed by atoms with Crippen molar-refractivity contribution in [2.45, 2.75) is 6.92 Å². The first-order chi connectivity index (χ1) is 4.72. The Morgan fingerprint density at radius 1 is 1.80 bits per heavy atom. The fourth-order valence-electron chi connectivity index (χ4n) is 0.372. The molecular formula is C7H9FO2. The lowest BCUT2D eigenvalue weighted by molar-refractivity contribution is -0.140. The lowest BCUT2D eigenvalue weighted by atomic mass is 10.4. The van der Waals surface area contributed by atoms with E-state index in [4.69, 9.17) is 0 Å². The van der Waals surface area contributed by atoms with Crippen molar-refractivity contribution in [2.24, 2.45) is 0 Å². The molecule has 0 spiro atoms. The minimum absolute atomic E-state index is 0.178. The van der Waals surface area contributed by atoms with Crippen LogP contribution in [0.25, 0.3) is 0 Å². The van der Waals surface area contributed by atoms with E-state index >= 15 is 0 Å². The molecule has 0 unspecified atom stereocenters. The first-order valence-corrected chi connectivity index (χ1v) is 2.87. The molecule has 0 atom stereocenters. The molecule has 0 rings (SSSR count). The third-order valence-electron chi connectivity index (χ3n) is 0.735. The van der Waals surface area contributed by atoms with E-state index in [0.717, 1.165) is 6.08 Å². The highest BCUT2D eigenvalue weighted by Crippen LogP contribution is 1.98. The molecule has 0 heterocycles. The van der Waals surface area contributed by atoms with Crippen LogP contribution in [0.2, 0.25) is 0 Å². The molecule has 2 nitrogen and oxygen atoms in total. The topological polar surface area (TPSA) is 26.3 Å². The lowest BCUT2D eigenvalue weighted by Gasteiger charge is -1.95. The van der Waals surface area contributed by atoms with E-state index in [1.165, 1.54) is 6.08 Å². The number of halogens is 1. The summed E-state index contributed by atoms with van der Waals surface area (Å²) in [4.78, 5) is 10.4. The van der Waals surface area contributed by atoms with Crippen molar-refractivity contribution in [1.29, 1.82) is 0 Å². The van der Waals surface area contributed by atoms with E-state index < -0.39 is 11.8 Å².